The third-order valence-electron chi connectivity index (χ3n) is 3.28. The van der Waals surface area contributed by atoms with Gasteiger partial charge in [-0.05, 0) is 17.5 Å². The first-order valence-electron chi connectivity index (χ1n) is 6.86. The van der Waals surface area contributed by atoms with Gasteiger partial charge in [0.2, 0.25) is 10.0 Å². The summed E-state index contributed by atoms with van der Waals surface area (Å²) in [7, 11) is -3.46. The maximum absolute atomic E-state index is 12.6. The number of rotatable bonds is 8. The Bertz CT molecular complexity index is 612. The van der Waals surface area contributed by atoms with Crippen molar-refractivity contribution in [2.45, 2.75) is 25.2 Å². The maximum atomic E-state index is 12.6. The fourth-order valence-electron chi connectivity index (χ4n) is 2.09. The van der Waals surface area contributed by atoms with Gasteiger partial charge in [-0.1, -0.05) is 43.4 Å². The van der Waals surface area contributed by atoms with Crippen LogP contribution in [0.3, 0.4) is 0 Å². The van der Waals surface area contributed by atoms with Gasteiger partial charge in [-0.3, -0.25) is 0 Å². The molecule has 0 aliphatic carbocycles. The van der Waals surface area contributed by atoms with E-state index in [1.807, 2.05) is 31.2 Å². The molecule has 1 saturated heterocycles. The summed E-state index contributed by atoms with van der Waals surface area (Å²) in [6.07, 6.45) is 0.844. The lowest BCUT2D eigenvalue weighted by Gasteiger charge is -2.21. The molecule has 1 atom stereocenters. The molecule has 1 aromatic rings. The number of nitrogens with zero attached hydrogens (tertiary/aromatic N) is 1. The maximum Gasteiger partial charge on any atom is 0.218 e. The predicted octanol–water partition coefficient (Wildman–Crippen LogP) is 1.07. The second kappa shape index (κ2) is 6.83. The van der Waals surface area contributed by atoms with E-state index >= 15 is 0 Å². The summed E-state index contributed by atoms with van der Waals surface area (Å²) in [5.41, 5.74) is 7.41. The lowest BCUT2D eigenvalue weighted by molar-refractivity contribution is 0.351. The molecule has 0 bridgehead atoms. The summed E-state index contributed by atoms with van der Waals surface area (Å²) < 4.78 is 31.5. The summed E-state index contributed by atoms with van der Waals surface area (Å²) in [5.74, 6) is -0.0455. The van der Waals surface area contributed by atoms with Gasteiger partial charge in [0.05, 0.1) is 30.0 Å². The SMILES string of the molecule is CCc1cccc(CS(=O)(=O)N(CC(N)=S)CC2CO2)c1. The second-order valence-electron chi connectivity index (χ2n) is 5.14. The van der Waals surface area contributed by atoms with Crippen molar-refractivity contribution in [1.82, 2.24) is 4.31 Å². The topological polar surface area (TPSA) is 75.9 Å². The highest BCUT2D eigenvalue weighted by Crippen LogP contribution is 2.17. The van der Waals surface area contributed by atoms with Crippen molar-refractivity contribution in [1.29, 1.82) is 0 Å². The Morgan fingerprint density at radius 1 is 1.48 bits per heavy atom. The summed E-state index contributed by atoms with van der Waals surface area (Å²) in [4.78, 5) is 0.168. The number of nitrogens with two attached hydrogens (primary N) is 1. The quantitative estimate of drug-likeness (QED) is 0.570. The van der Waals surface area contributed by atoms with Crippen molar-refractivity contribution in [3.8, 4) is 0 Å². The highest BCUT2D eigenvalue weighted by atomic mass is 32.2. The van der Waals surface area contributed by atoms with Crippen LogP contribution in [0.15, 0.2) is 24.3 Å². The normalized spacial score (nSPS) is 17.9. The number of hydrogen-bond donors (Lipinski definition) is 1. The smallest absolute Gasteiger partial charge is 0.218 e. The number of sulfonamides is 1. The van der Waals surface area contributed by atoms with E-state index in [0.717, 1.165) is 17.5 Å². The molecule has 1 fully saturated rings. The molecule has 0 spiro atoms. The Labute approximate surface area is 131 Å². The first-order chi connectivity index (χ1) is 9.90. The van der Waals surface area contributed by atoms with Crippen LogP contribution in [-0.2, 0) is 26.9 Å². The Hall–Kier alpha value is -1.02. The molecule has 0 saturated carbocycles. The van der Waals surface area contributed by atoms with Gasteiger partial charge in [-0.25, -0.2) is 8.42 Å². The van der Waals surface area contributed by atoms with Crippen LogP contribution >= 0.6 is 12.2 Å². The Morgan fingerprint density at radius 2 is 2.14 bits per heavy atom. The summed E-state index contributed by atoms with van der Waals surface area (Å²) >= 11 is 4.85. The average molecular weight is 328 g/mol. The van der Waals surface area contributed by atoms with Crippen molar-refractivity contribution in [3.63, 3.8) is 0 Å². The summed E-state index contributed by atoms with van der Waals surface area (Å²) in [6.45, 7) is 3.00. The Kier molecular flexibility index (Phi) is 5.32. The number of hydrogen-bond acceptors (Lipinski definition) is 4. The minimum Gasteiger partial charge on any atom is -0.392 e. The fraction of sp³-hybridized carbons (Fsp3) is 0.500. The Morgan fingerprint density at radius 3 is 2.71 bits per heavy atom. The molecule has 5 nitrogen and oxygen atoms in total. The van der Waals surface area contributed by atoms with Crippen molar-refractivity contribution >= 4 is 27.2 Å². The van der Waals surface area contributed by atoms with Gasteiger partial charge in [0.15, 0.2) is 0 Å². The van der Waals surface area contributed by atoms with Crippen LogP contribution < -0.4 is 5.73 Å². The first kappa shape index (κ1) is 16.4. The average Bonchev–Trinajstić information content (AvgIpc) is 3.21. The van der Waals surface area contributed by atoms with Crippen molar-refractivity contribution < 1.29 is 13.2 Å². The van der Waals surface area contributed by atoms with Gasteiger partial charge in [-0.15, -0.1) is 0 Å². The van der Waals surface area contributed by atoms with E-state index < -0.39 is 10.0 Å². The van der Waals surface area contributed by atoms with Gasteiger partial charge in [0, 0.05) is 6.54 Å². The second-order valence-corrected chi connectivity index (χ2v) is 7.64. The predicted molar refractivity (Wildman–Crippen MR) is 86.5 cm³/mol. The third-order valence-corrected chi connectivity index (χ3v) is 5.18. The van der Waals surface area contributed by atoms with Gasteiger partial charge in [0.25, 0.3) is 0 Å². The minimum absolute atomic E-state index is 0.0314. The number of ether oxygens (including phenoxy) is 1. The molecule has 1 aliphatic rings. The van der Waals surface area contributed by atoms with E-state index in [4.69, 9.17) is 22.7 Å². The molecule has 2 N–H and O–H groups in total. The van der Waals surface area contributed by atoms with E-state index in [1.165, 1.54) is 4.31 Å². The molecule has 1 aromatic carbocycles. The van der Waals surface area contributed by atoms with Crippen LogP contribution in [0.4, 0.5) is 0 Å². The van der Waals surface area contributed by atoms with Crippen molar-refractivity contribution in [2.24, 2.45) is 5.73 Å². The van der Waals surface area contributed by atoms with E-state index in [-0.39, 0.29) is 23.4 Å². The summed E-state index contributed by atoms with van der Waals surface area (Å²) in [5, 5.41) is 0. The molecule has 7 heteroatoms. The van der Waals surface area contributed by atoms with Crippen LogP contribution in [0.2, 0.25) is 0 Å². The lowest BCUT2D eigenvalue weighted by atomic mass is 10.1. The molecular weight excluding hydrogens is 308 g/mol. The van der Waals surface area contributed by atoms with E-state index in [1.54, 1.807) is 0 Å². The lowest BCUT2D eigenvalue weighted by Crippen LogP contribution is -2.40. The third kappa shape index (κ3) is 5.03. The van der Waals surface area contributed by atoms with Gasteiger partial charge >= 0.3 is 0 Å². The van der Waals surface area contributed by atoms with Gasteiger partial charge in [-0.2, -0.15) is 4.31 Å². The van der Waals surface area contributed by atoms with Crippen molar-refractivity contribution in [3.05, 3.63) is 35.4 Å². The Balaban J connectivity index is 2.14. The van der Waals surface area contributed by atoms with Crippen LogP contribution in [0.25, 0.3) is 0 Å². The zero-order valence-electron chi connectivity index (χ0n) is 12.0. The van der Waals surface area contributed by atoms with Crippen LogP contribution in [-0.4, -0.2) is 43.5 Å². The highest BCUT2D eigenvalue weighted by molar-refractivity contribution is 7.88. The van der Waals surface area contributed by atoms with E-state index in [2.05, 4.69) is 0 Å². The van der Waals surface area contributed by atoms with Gasteiger partial charge < -0.3 is 10.5 Å². The molecule has 0 radical (unpaired) electrons. The minimum atomic E-state index is -3.46. The first-order valence-corrected chi connectivity index (χ1v) is 8.88. The summed E-state index contributed by atoms with van der Waals surface area (Å²) in [6, 6.07) is 7.61. The van der Waals surface area contributed by atoms with Crippen LogP contribution in [0.1, 0.15) is 18.1 Å². The molecule has 1 unspecified atom stereocenters. The molecule has 0 amide bonds. The molecular formula is C14H20N2O3S2. The number of thiocarbonyl (C=S) groups is 1. The van der Waals surface area contributed by atoms with Gasteiger partial charge in [0.1, 0.15) is 0 Å². The van der Waals surface area contributed by atoms with Crippen LogP contribution in [0, 0.1) is 0 Å². The standard InChI is InChI=1S/C14H20N2O3S2/c1-2-11-4-3-5-12(6-11)10-21(17,18)16(8-14(15)20)7-13-9-19-13/h3-6,13H,2,7-10H2,1H3,(H2,15,20). The molecule has 1 aliphatic heterocycles. The monoisotopic (exact) mass is 328 g/mol. The molecule has 21 heavy (non-hydrogen) atoms. The molecule has 1 heterocycles. The fourth-order valence-corrected chi connectivity index (χ4v) is 3.84. The highest BCUT2D eigenvalue weighted by Gasteiger charge is 2.32. The zero-order valence-corrected chi connectivity index (χ0v) is 13.6. The van der Waals surface area contributed by atoms with Crippen molar-refractivity contribution in [2.75, 3.05) is 19.7 Å². The largest absolute Gasteiger partial charge is 0.392 e. The van der Waals surface area contributed by atoms with E-state index in [0.29, 0.717) is 13.2 Å². The number of epoxide rings is 1. The van der Waals surface area contributed by atoms with Crippen LogP contribution in [0.5, 0.6) is 0 Å². The number of aryl methyl sites for hydroxylation is 1. The molecule has 0 aromatic heterocycles. The molecule has 2 rings (SSSR count). The molecule has 116 valence electrons. The zero-order chi connectivity index (χ0) is 15.5. The number of benzene rings is 1. The van der Waals surface area contributed by atoms with E-state index in [9.17, 15) is 8.42 Å².